The molecule has 0 aliphatic heterocycles. The Bertz CT molecular complexity index is 694. The molecule has 2 aromatic heterocycles. The minimum atomic E-state index is -3.73. The molecule has 106 valence electrons. The summed E-state index contributed by atoms with van der Waals surface area (Å²) in [6.07, 6.45) is 4.02. The number of anilines is 1. The summed E-state index contributed by atoms with van der Waals surface area (Å²) >= 11 is 5.83. The molecule has 0 bridgehead atoms. The van der Waals surface area contributed by atoms with E-state index in [0.717, 1.165) is 6.20 Å². The van der Waals surface area contributed by atoms with Crippen LogP contribution in [0, 0.1) is 0 Å². The third-order valence-electron chi connectivity index (χ3n) is 2.35. The fourth-order valence-corrected chi connectivity index (χ4v) is 2.60. The standard InChI is InChI=1S/C10H11ClN6O2S/c11-9-3-8(5-14-10(9)17-12)20(18,19)16-4-7-1-2-13-6-15-7/h1-3,5-6,16H,4,12H2,(H,14,17). The summed E-state index contributed by atoms with van der Waals surface area (Å²) in [5, 5.41) is 0.109. The molecule has 0 atom stereocenters. The number of sulfonamides is 1. The van der Waals surface area contributed by atoms with Crippen molar-refractivity contribution < 1.29 is 8.42 Å². The summed E-state index contributed by atoms with van der Waals surface area (Å²) in [6.45, 7) is 0.0410. The number of nitrogens with two attached hydrogens (primary N) is 1. The zero-order valence-electron chi connectivity index (χ0n) is 10.1. The summed E-state index contributed by atoms with van der Waals surface area (Å²) < 4.78 is 26.5. The molecule has 0 saturated carbocycles. The van der Waals surface area contributed by atoms with Crippen LogP contribution in [0.1, 0.15) is 5.69 Å². The van der Waals surface area contributed by atoms with E-state index in [-0.39, 0.29) is 22.3 Å². The summed E-state index contributed by atoms with van der Waals surface area (Å²) in [4.78, 5) is 11.4. The van der Waals surface area contributed by atoms with Crippen LogP contribution in [0.15, 0.2) is 35.7 Å². The molecule has 0 unspecified atom stereocenters. The van der Waals surface area contributed by atoms with Crippen LogP contribution in [0.4, 0.5) is 5.82 Å². The molecule has 4 N–H and O–H groups in total. The largest absolute Gasteiger partial charge is 0.307 e. The van der Waals surface area contributed by atoms with E-state index in [1.165, 1.54) is 18.6 Å². The van der Waals surface area contributed by atoms with E-state index in [0.29, 0.717) is 5.69 Å². The Hall–Kier alpha value is -1.81. The minimum absolute atomic E-state index is 0.0410. The zero-order chi connectivity index (χ0) is 14.6. The van der Waals surface area contributed by atoms with Gasteiger partial charge < -0.3 is 5.43 Å². The fourth-order valence-electron chi connectivity index (χ4n) is 1.35. The van der Waals surface area contributed by atoms with Gasteiger partial charge in [0.1, 0.15) is 11.2 Å². The van der Waals surface area contributed by atoms with Crippen LogP contribution in [-0.4, -0.2) is 23.4 Å². The molecule has 0 fully saturated rings. The number of hydrogen-bond donors (Lipinski definition) is 3. The quantitative estimate of drug-likeness (QED) is 0.535. The first-order valence-corrected chi connectivity index (χ1v) is 7.26. The number of halogens is 1. The van der Waals surface area contributed by atoms with Crippen LogP contribution in [0.3, 0.4) is 0 Å². The Labute approximate surface area is 120 Å². The smallest absolute Gasteiger partial charge is 0.242 e. The van der Waals surface area contributed by atoms with E-state index < -0.39 is 10.0 Å². The molecule has 20 heavy (non-hydrogen) atoms. The van der Waals surface area contributed by atoms with E-state index in [1.807, 2.05) is 0 Å². The van der Waals surface area contributed by atoms with Gasteiger partial charge in [-0.3, -0.25) is 0 Å². The highest BCUT2D eigenvalue weighted by molar-refractivity contribution is 7.89. The third kappa shape index (κ3) is 3.39. The van der Waals surface area contributed by atoms with Crippen LogP contribution >= 0.6 is 11.6 Å². The Morgan fingerprint density at radius 2 is 2.15 bits per heavy atom. The predicted octanol–water partition coefficient (Wildman–Crippen LogP) is 0.289. The third-order valence-corrected chi connectivity index (χ3v) is 4.01. The Morgan fingerprint density at radius 3 is 2.75 bits per heavy atom. The number of nitrogens with zero attached hydrogens (tertiary/aromatic N) is 3. The van der Waals surface area contributed by atoms with E-state index >= 15 is 0 Å². The second-order valence-corrected chi connectivity index (χ2v) is 5.85. The fraction of sp³-hybridized carbons (Fsp3) is 0.100. The average molecular weight is 315 g/mol. The molecule has 0 spiro atoms. The van der Waals surface area contributed by atoms with Gasteiger partial charge in [-0.15, -0.1) is 0 Å². The number of nitrogen functional groups attached to an aromatic ring is 1. The van der Waals surface area contributed by atoms with E-state index in [9.17, 15) is 8.42 Å². The van der Waals surface area contributed by atoms with Gasteiger partial charge in [0.25, 0.3) is 0 Å². The molecular weight excluding hydrogens is 304 g/mol. The molecule has 10 heteroatoms. The molecule has 2 rings (SSSR count). The second kappa shape index (κ2) is 6.09. The van der Waals surface area contributed by atoms with Gasteiger partial charge in [0.2, 0.25) is 10.0 Å². The maximum absolute atomic E-state index is 12.1. The number of rotatable bonds is 5. The van der Waals surface area contributed by atoms with Crippen LogP contribution in [0.2, 0.25) is 5.02 Å². The maximum Gasteiger partial charge on any atom is 0.242 e. The van der Waals surface area contributed by atoms with Gasteiger partial charge in [0.05, 0.1) is 17.3 Å². The van der Waals surface area contributed by atoms with Crippen molar-refractivity contribution in [2.45, 2.75) is 11.4 Å². The van der Waals surface area contributed by atoms with Crippen molar-refractivity contribution in [3.05, 3.63) is 41.6 Å². The number of nitrogens with one attached hydrogen (secondary N) is 2. The molecule has 8 nitrogen and oxygen atoms in total. The number of hydrogen-bond acceptors (Lipinski definition) is 7. The van der Waals surface area contributed by atoms with Crippen molar-refractivity contribution in [2.75, 3.05) is 5.43 Å². The molecule has 0 aromatic carbocycles. The maximum atomic E-state index is 12.1. The topological polar surface area (TPSA) is 123 Å². The number of pyridine rings is 1. The first-order valence-electron chi connectivity index (χ1n) is 5.39. The predicted molar refractivity (Wildman–Crippen MR) is 73.1 cm³/mol. The van der Waals surface area contributed by atoms with Gasteiger partial charge in [0, 0.05) is 12.4 Å². The van der Waals surface area contributed by atoms with Gasteiger partial charge in [-0.25, -0.2) is 33.9 Å². The molecule has 0 aliphatic rings. The van der Waals surface area contributed by atoms with Crippen LogP contribution in [-0.2, 0) is 16.6 Å². The lowest BCUT2D eigenvalue weighted by atomic mass is 10.4. The first kappa shape index (κ1) is 14.6. The molecule has 0 aliphatic carbocycles. The Kier molecular flexibility index (Phi) is 4.45. The van der Waals surface area contributed by atoms with Crippen LogP contribution in [0.5, 0.6) is 0 Å². The minimum Gasteiger partial charge on any atom is -0.307 e. The molecule has 2 aromatic rings. The van der Waals surface area contributed by atoms with Gasteiger partial charge in [-0.05, 0) is 12.1 Å². The van der Waals surface area contributed by atoms with E-state index in [4.69, 9.17) is 17.4 Å². The summed E-state index contributed by atoms with van der Waals surface area (Å²) in [5.41, 5.74) is 2.80. The number of aromatic nitrogens is 3. The van der Waals surface area contributed by atoms with E-state index in [1.54, 1.807) is 6.07 Å². The molecule has 0 saturated heterocycles. The van der Waals surface area contributed by atoms with Crippen molar-refractivity contribution in [2.24, 2.45) is 5.84 Å². The summed E-state index contributed by atoms with van der Waals surface area (Å²) in [7, 11) is -3.73. The molecular formula is C10H11ClN6O2S. The van der Waals surface area contributed by atoms with Crippen molar-refractivity contribution in [3.63, 3.8) is 0 Å². The monoisotopic (exact) mass is 314 g/mol. The highest BCUT2D eigenvalue weighted by Crippen LogP contribution is 2.21. The molecule has 0 amide bonds. The van der Waals surface area contributed by atoms with E-state index in [2.05, 4.69) is 25.1 Å². The summed E-state index contributed by atoms with van der Waals surface area (Å²) in [5.74, 6) is 5.36. The zero-order valence-corrected chi connectivity index (χ0v) is 11.7. The lowest BCUT2D eigenvalue weighted by molar-refractivity contribution is 0.580. The van der Waals surface area contributed by atoms with Gasteiger partial charge in [-0.2, -0.15) is 0 Å². The lowest BCUT2D eigenvalue weighted by Crippen LogP contribution is -2.24. The van der Waals surface area contributed by atoms with Gasteiger partial charge in [0.15, 0.2) is 5.82 Å². The SMILES string of the molecule is NNc1ncc(S(=O)(=O)NCc2ccncn2)cc1Cl. The average Bonchev–Trinajstić information content (AvgIpc) is 2.46. The van der Waals surface area contributed by atoms with Crippen LogP contribution in [0.25, 0.3) is 0 Å². The van der Waals surface area contributed by atoms with Gasteiger partial charge >= 0.3 is 0 Å². The van der Waals surface area contributed by atoms with Crippen LogP contribution < -0.4 is 16.0 Å². The molecule has 0 radical (unpaired) electrons. The van der Waals surface area contributed by atoms with Crippen molar-refractivity contribution >= 4 is 27.4 Å². The van der Waals surface area contributed by atoms with Crippen molar-refractivity contribution in [1.29, 1.82) is 0 Å². The molecule has 2 heterocycles. The van der Waals surface area contributed by atoms with Gasteiger partial charge in [-0.1, -0.05) is 11.6 Å². The highest BCUT2D eigenvalue weighted by atomic mass is 35.5. The summed E-state index contributed by atoms with van der Waals surface area (Å²) in [6, 6.07) is 2.86. The highest BCUT2D eigenvalue weighted by Gasteiger charge is 2.16. The Balaban J connectivity index is 2.16. The normalized spacial score (nSPS) is 11.3. The van der Waals surface area contributed by atoms with Crippen molar-refractivity contribution in [1.82, 2.24) is 19.7 Å². The first-order chi connectivity index (χ1) is 9.53. The van der Waals surface area contributed by atoms with Crippen molar-refractivity contribution in [3.8, 4) is 0 Å². The Morgan fingerprint density at radius 1 is 1.35 bits per heavy atom. The lowest BCUT2D eigenvalue weighted by Gasteiger charge is -2.08. The number of hydrazine groups is 1. The second-order valence-electron chi connectivity index (χ2n) is 3.67.